The smallest absolute Gasteiger partial charge is 0.316 e. The van der Waals surface area contributed by atoms with E-state index in [1.807, 2.05) is 11.9 Å². The van der Waals surface area contributed by atoms with E-state index in [1.54, 1.807) is 18.2 Å². The molecule has 6 heteroatoms. The van der Waals surface area contributed by atoms with Crippen molar-refractivity contribution in [2.45, 2.75) is 25.8 Å². The van der Waals surface area contributed by atoms with Crippen LogP contribution in [0.1, 0.15) is 19.8 Å². The number of nitrogens with zero attached hydrogens (tertiary/aromatic N) is 2. The number of para-hydroxylation sites is 1. The predicted molar refractivity (Wildman–Crippen MR) is 71.5 cm³/mol. The van der Waals surface area contributed by atoms with Gasteiger partial charge in [0.2, 0.25) is 0 Å². The molecule has 1 aromatic rings. The van der Waals surface area contributed by atoms with Gasteiger partial charge in [-0.1, -0.05) is 6.07 Å². The fraction of sp³-hybridized carbons (Fsp3) is 0.500. The van der Waals surface area contributed by atoms with E-state index >= 15 is 0 Å². The standard InChI is InChI=1S/C12H18N4O2/c1-8(9-6-7-9)15(2)11-5-3-4-10(14-13)12(11)16(17)18/h3-5,8-9,14H,6-7,13H2,1-2H3. The van der Waals surface area contributed by atoms with E-state index in [1.165, 1.54) is 12.8 Å². The van der Waals surface area contributed by atoms with Gasteiger partial charge in [-0.3, -0.25) is 16.0 Å². The highest BCUT2D eigenvalue weighted by Crippen LogP contribution is 2.40. The zero-order valence-corrected chi connectivity index (χ0v) is 10.6. The molecule has 1 unspecified atom stereocenters. The molecule has 0 radical (unpaired) electrons. The van der Waals surface area contributed by atoms with Gasteiger partial charge in [-0.05, 0) is 37.8 Å². The maximum absolute atomic E-state index is 11.2. The lowest BCUT2D eigenvalue weighted by Gasteiger charge is -2.27. The Kier molecular flexibility index (Phi) is 3.38. The van der Waals surface area contributed by atoms with Crippen LogP contribution in [0.3, 0.4) is 0 Å². The Morgan fingerprint density at radius 2 is 2.22 bits per heavy atom. The molecule has 3 N–H and O–H groups in total. The van der Waals surface area contributed by atoms with Gasteiger partial charge >= 0.3 is 5.69 Å². The van der Waals surface area contributed by atoms with E-state index < -0.39 is 0 Å². The van der Waals surface area contributed by atoms with E-state index in [2.05, 4.69) is 12.3 Å². The molecule has 2 rings (SSSR count). The van der Waals surface area contributed by atoms with Gasteiger partial charge in [0.15, 0.2) is 0 Å². The number of benzene rings is 1. The number of nitro groups is 1. The SMILES string of the molecule is CC(C1CC1)N(C)c1cccc(NN)c1[N+](=O)[O-]. The topological polar surface area (TPSA) is 84.4 Å². The maximum Gasteiger partial charge on any atom is 0.316 e. The number of hydrazine groups is 1. The van der Waals surface area contributed by atoms with Crippen LogP contribution in [0.5, 0.6) is 0 Å². The largest absolute Gasteiger partial charge is 0.366 e. The van der Waals surface area contributed by atoms with Crippen molar-refractivity contribution in [2.75, 3.05) is 17.4 Å². The van der Waals surface area contributed by atoms with Crippen LogP contribution in [0.4, 0.5) is 17.1 Å². The Morgan fingerprint density at radius 3 is 2.72 bits per heavy atom. The molecule has 1 atom stereocenters. The second-order valence-electron chi connectivity index (χ2n) is 4.76. The Hall–Kier alpha value is -1.82. The Morgan fingerprint density at radius 1 is 1.56 bits per heavy atom. The highest BCUT2D eigenvalue weighted by molar-refractivity contribution is 5.76. The van der Waals surface area contributed by atoms with Gasteiger partial charge in [-0.25, -0.2) is 0 Å². The van der Waals surface area contributed by atoms with E-state index in [4.69, 9.17) is 5.84 Å². The molecule has 1 fully saturated rings. The van der Waals surface area contributed by atoms with Crippen molar-refractivity contribution in [3.63, 3.8) is 0 Å². The van der Waals surface area contributed by atoms with Crippen molar-refractivity contribution in [1.82, 2.24) is 0 Å². The van der Waals surface area contributed by atoms with Crippen LogP contribution >= 0.6 is 0 Å². The summed E-state index contributed by atoms with van der Waals surface area (Å²) in [6.07, 6.45) is 2.41. The molecule has 1 aliphatic carbocycles. The Balaban J connectivity index is 2.39. The zero-order valence-electron chi connectivity index (χ0n) is 10.6. The minimum Gasteiger partial charge on any atom is -0.366 e. The summed E-state index contributed by atoms with van der Waals surface area (Å²) >= 11 is 0. The molecule has 6 nitrogen and oxygen atoms in total. The molecule has 98 valence electrons. The first-order valence-electron chi connectivity index (χ1n) is 6.03. The quantitative estimate of drug-likeness (QED) is 0.475. The maximum atomic E-state index is 11.2. The summed E-state index contributed by atoms with van der Waals surface area (Å²) in [5, 5.41) is 11.2. The highest BCUT2D eigenvalue weighted by Gasteiger charge is 2.33. The summed E-state index contributed by atoms with van der Waals surface area (Å²) < 4.78 is 0. The van der Waals surface area contributed by atoms with Crippen LogP contribution in [-0.4, -0.2) is 18.0 Å². The van der Waals surface area contributed by atoms with Crippen molar-refractivity contribution >= 4 is 17.1 Å². The average molecular weight is 250 g/mol. The van der Waals surface area contributed by atoms with Crippen molar-refractivity contribution in [3.05, 3.63) is 28.3 Å². The lowest BCUT2D eigenvalue weighted by molar-refractivity contribution is -0.383. The van der Waals surface area contributed by atoms with E-state index in [0.29, 0.717) is 23.3 Å². The van der Waals surface area contributed by atoms with Crippen LogP contribution in [0.2, 0.25) is 0 Å². The van der Waals surface area contributed by atoms with Crippen molar-refractivity contribution in [2.24, 2.45) is 11.8 Å². The van der Waals surface area contributed by atoms with Gasteiger partial charge in [0.1, 0.15) is 11.4 Å². The Labute approximate surface area is 106 Å². The fourth-order valence-electron chi connectivity index (χ4n) is 2.24. The zero-order chi connectivity index (χ0) is 13.3. The number of nitrogens with one attached hydrogen (secondary N) is 1. The van der Waals surface area contributed by atoms with Gasteiger partial charge in [-0.15, -0.1) is 0 Å². The minimum absolute atomic E-state index is 0.0370. The lowest BCUT2D eigenvalue weighted by atomic mass is 10.1. The second kappa shape index (κ2) is 4.81. The summed E-state index contributed by atoms with van der Waals surface area (Å²) in [7, 11) is 1.89. The molecule has 1 aromatic carbocycles. The number of nitro benzene ring substituents is 1. The number of nitrogen functional groups attached to an aromatic ring is 1. The minimum atomic E-state index is -0.388. The predicted octanol–water partition coefficient (Wildman–Crippen LogP) is 2.12. The van der Waals surface area contributed by atoms with Crippen molar-refractivity contribution in [3.8, 4) is 0 Å². The van der Waals surface area contributed by atoms with Crippen LogP contribution in [0, 0.1) is 16.0 Å². The number of rotatable bonds is 5. The van der Waals surface area contributed by atoms with Gasteiger partial charge in [-0.2, -0.15) is 0 Å². The first kappa shape index (κ1) is 12.6. The molecule has 0 amide bonds. The summed E-state index contributed by atoms with van der Waals surface area (Å²) in [6.45, 7) is 2.10. The third-order valence-corrected chi connectivity index (χ3v) is 3.65. The number of hydrogen-bond acceptors (Lipinski definition) is 5. The van der Waals surface area contributed by atoms with Crippen LogP contribution < -0.4 is 16.2 Å². The van der Waals surface area contributed by atoms with E-state index in [-0.39, 0.29) is 10.6 Å². The van der Waals surface area contributed by atoms with Crippen molar-refractivity contribution < 1.29 is 4.92 Å². The molecule has 18 heavy (non-hydrogen) atoms. The Bertz CT molecular complexity index is 459. The molecule has 0 bridgehead atoms. The molecular formula is C12H18N4O2. The molecular weight excluding hydrogens is 232 g/mol. The third-order valence-electron chi connectivity index (χ3n) is 3.65. The number of anilines is 2. The molecule has 0 spiro atoms. The third kappa shape index (κ3) is 2.24. The summed E-state index contributed by atoms with van der Waals surface area (Å²) in [5.74, 6) is 5.98. The molecule has 1 saturated carbocycles. The molecule has 0 heterocycles. The normalized spacial score (nSPS) is 16.2. The second-order valence-corrected chi connectivity index (χ2v) is 4.76. The van der Waals surface area contributed by atoms with Crippen LogP contribution in [-0.2, 0) is 0 Å². The molecule has 1 aliphatic rings. The van der Waals surface area contributed by atoms with Gasteiger partial charge in [0.05, 0.1) is 4.92 Å². The number of nitrogens with two attached hydrogens (primary N) is 1. The first-order valence-corrected chi connectivity index (χ1v) is 6.03. The highest BCUT2D eigenvalue weighted by atomic mass is 16.6. The summed E-state index contributed by atoms with van der Waals surface area (Å²) in [6, 6.07) is 5.44. The summed E-state index contributed by atoms with van der Waals surface area (Å²) in [5.41, 5.74) is 3.37. The van der Waals surface area contributed by atoms with E-state index in [0.717, 1.165) is 0 Å². The average Bonchev–Trinajstić information content (AvgIpc) is 3.20. The summed E-state index contributed by atoms with van der Waals surface area (Å²) in [4.78, 5) is 12.8. The fourth-order valence-corrected chi connectivity index (χ4v) is 2.24. The van der Waals surface area contributed by atoms with Crippen molar-refractivity contribution in [1.29, 1.82) is 0 Å². The number of hydrogen-bond donors (Lipinski definition) is 2. The van der Waals surface area contributed by atoms with Gasteiger partial charge in [0.25, 0.3) is 0 Å². The first-order chi connectivity index (χ1) is 8.56. The monoisotopic (exact) mass is 250 g/mol. The molecule has 0 saturated heterocycles. The lowest BCUT2D eigenvalue weighted by Crippen LogP contribution is -2.31. The van der Waals surface area contributed by atoms with Gasteiger partial charge < -0.3 is 10.3 Å². The van der Waals surface area contributed by atoms with E-state index in [9.17, 15) is 10.1 Å². The molecule has 0 aliphatic heterocycles. The van der Waals surface area contributed by atoms with Crippen LogP contribution in [0.15, 0.2) is 18.2 Å². The molecule has 0 aromatic heterocycles. The van der Waals surface area contributed by atoms with Crippen LogP contribution in [0.25, 0.3) is 0 Å². The van der Waals surface area contributed by atoms with Gasteiger partial charge in [0, 0.05) is 13.1 Å².